The highest BCUT2D eigenvalue weighted by molar-refractivity contribution is 6.32. The van der Waals surface area contributed by atoms with E-state index in [4.69, 9.17) is 16.3 Å². The van der Waals surface area contributed by atoms with Crippen LogP contribution in [-0.2, 0) is 0 Å². The zero-order valence-corrected chi connectivity index (χ0v) is 14.2. The van der Waals surface area contributed by atoms with Gasteiger partial charge in [0.25, 0.3) is 5.91 Å². The lowest BCUT2D eigenvalue weighted by molar-refractivity contribution is 0.102. The molecule has 0 spiro atoms. The van der Waals surface area contributed by atoms with E-state index in [0.717, 1.165) is 0 Å². The Morgan fingerprint density at radius 1 is 1.00 bits per heavy atom. The van der Waals surface area contributed by atoms with Crippen LogP contribution in [0.15, 0.2) is 66.7 Å². The second-order valence-corrected chi connectivity index (χ2v) is 5.85. The van der Waals surface area contributed by atoms with Crippen LogP contribution in [0.3, 0.4) is 0 Å². The van der Waals surface area contributed by atoms with Crippen LogP contribution in [0.2, 0.25) is 5.02 Å². The number of hydrogen-bond donors (Lipinski definition) is 1. The minimum atomic E-state index is -0.423. The third-order valence-corrected chi connectivity index (χ3v) is 3.94. The van der Waals surface area contributed by atoms with Crippen LogP contribution in [0.1, 0.15) is 15.9 Å². The van der Waals surface area contributed by atoms with Crippen LogP contribution in [-0.4, -0.2) is 5.91 Å². The molecule has 3 aromatic carbocycles. The molecule has 1 N–H and O–H groups in total. The minimum absolute atomic E-state index is 0.232. The molecule has 0 aliphatic carbocycles. The molecular formula is C20H15ClFNO2. The van der Waals surface area contributed by atoms with Crippen molar-refractivity contribution in [2.75, 3.05) is 5.32 Å². The minimum Gasteiger partial charge on any atom is -0.454 e. The molecule has 5 heteroatoms. The number of amides is 1. The van der Waals surface area contributed by atoms with Crippen molar-refractivity contribution in [3.8, 4) is 11.5 Å². The average molecular weight is 356 g/mol. The van der Waals surface area contributed by atoms with Crippen molar-refractivity contribution in [1.29, 1.82) is 0 Å². The zero-order chi connectivity index (χ0) is 17.8. The summed E-state index contributed by atoms with van der Waals surface area (Å²) in [5.41, 5.74) is 1.18. The van der Waals surface area contributed by atoms with Crippen molar-refractivity contribution >= 4 is 23.2 Å². The molecule has 3 nitrogen and oxygen atoms in total. The molecule has 1 amide bonds. The van der Waals surface area contributed by atoms with Gasteiger partial charge in [-0.2, -0.15) is 0 Å². The van der Waals surface area contributed by atoms with E-state index in [1.165, 1.54) is 6.07 Å². The number of hydrogen-bond acceptors (Lipinski definition) is 2. The molecule has 0 radical (unpaired) electrons. The third kappa shape index (κ3) is 3.98. The van der Waals surface area contributed by atoms with Gasteiger partial charge in [0.2, 0.25) is 0 Å². The molecule has 126 valence electrons. The molecule has 0 atom stereocenters. The number of ether oxygens (including phenoxy) is 1. The molecular weight excluding hydrogens is 341 g/mol. The van der Waals surface area contributed by atoms with Gasteiger partial charge in [-0.25, -0.2) is 4.39 Å². The van der Waals surface area contributed by atoms with E-state index in [2.05, 4.69) is 5.32 Å². The van der Waals surface area contributed by atoms with E-state index >= 15 is 0 Å². The second kappa shape index (κ2) is 7.36. The van der Waals surface area contributed by atoms with E-state index < -0.39 is 11.7 Å². The molecule has 0 aromatic heterocycles. The molecule has 3 rings (SSSR count). The van der Waals surface area contributed by atoms with Crippen molar-refractivity contribution in [2.24, 2.45) is 0 Å². The standard InChI is InChI=1S/C20H15ClFNO2/c1-13-10-11-14(12-16(13)22)20(24)23-17-7-3-5-9-19(17)25-18-8-4-2-6-15(18)21/h2-12H,1H3,(H,23,24). The van der Waals surface area contributed by atoms with Gasteiger partial charge in [0.1, 0.15) is 11.6 Å². The van der Waals surface area contributed by atoms with Crippen LogP contribution in [0.4, 0.5) is 10.1 Å². The summed E-state index contributed by atoms with van der Waals surface area (Å²) >= 11 is 6.11. The maximum Gasteiger partial charge on any atom is 0.255 e. The van der Waals surface area contributed by atoms with Gasteiger partial charge in [-0.05, 0) is 48.9 Å². The number of aryl methyl sites for hydroxylation is 1. The Labute approximate surface area is 150 Å². The van der Waals surface area contributed by atoms with Crippen molar-refractivity contribution in [3.05, 3.63) is 88.7 Å². The van der Waals surface area contributed by atoms with Gasteiger partial charge in [0, 0.05) is 5.56 Å². The van der Waals surface area contributed by atoms with E-state index in [9.17, 15) is 9.18 Å². The summed E-state index contributed by atoms with van der Waals surface area (Å²) in [6.45, 7) is 1.64. The maximum atomic E-state index is 13.7. The summed E-state index contributed by atoms with van der Waals surface area (Å²) < 4.78 is 19.5. The SMILES string of the molecule is Cc1ccc(C(=O)Nc2ccccc2Oc2ccccc2Cl)cc1F. The maximum absolute atomic E-state index is 13.7. The smallest absolute Gasteiger partial charge is 0.255 e. The highest BCUT2D eigenvalue weighted by Crippen LogP contribution is 2.33. The lowest BCUT2D eigenvalue weighted by Gasteiger charge is -2.13. The molecule has 0 unspecified atom stereocenters. The lowest BCUT2D eigenvalue weighted by Crippen LogP contribution is -2.13. The summed E-state index contributed by atoms with van der Waals surface area (Å²) in [6.07, 6.45) is 0. The van der Waals surface area contributed by atoms with Crippen LogP contribution in [0.5, 0.6) is 11.5 Å². The van der Waals surface area contributed by atoms with Gasteiger partial charge >= 0.3 is 0 Å². The van der Waals surface area contributed by atoms with E-state index in [1.807, 2.05) is 0 Å². The van der Waals surface area contributed by atoms with E-state index in [-0.39, 0.29) is 5.56 Å². The topological polar surface area (TPSA) is 38.3 Å². The number of carbonyl (C=O) groups excluding carboxylic acids is 1. The third-order valence-electron chi connectivity index (χ3n) is 3.63. The second-order valence-electron chi connectivity index (χ2n) is 5.45. The average Bonchev–Trinajstić information content (AvgIpc) is 2.61. The first-order chi connectivity index (χ1) is 12.0. The quantitative estimate of drug-likeness (QED) is 0.639. The lowest BCUT2D eigenvalue weighted by atomic mass is 10.1. The first-order valence-electron chi connectivity index (χ1n) is 7.63. The highest BCUT2D eigenvalue weighted by Gasteiger charge is 2.12. The first-order valence-corrected chi connectivity index (χ1v) is 8.01. The summed E-state index contributed by atoms with van der Waals surface area (Å²) in [5, 5.41) is 3.20. The predicted octanol–water partition coefficient (Wildman–Crippen LogP) is 5.83. The number of nitrogens with one attached hydrogen (secondary N) is 1. The number of carbonyl (C=O) groups is 1. The van der Waals surface area contributed by atoms with Crippen molar-refractivity contribution < 1.29 is 13.9 Å². The van der Waals surface area contributed by atoms with E-state index in [1.54, 1.807) is 67.6 Å². The normalized spacial score (nSPS) is 10.4. The Morgan fingerprint density at radius 3 is 2.40 bits per heavy atom. The molecule has 0 aliphatic rings. The van der Waals surface area contributed by atoms with Crippen LogP contribution in [0.25, 0.3) is 0 Å². The monoisotopic (exact) mass is 355 g/mol. The molecule has 0 saturated carbocycles. The largest absolute Gasteiger partial charge is 0.454 e. The number of benzene rings is 3. The van der Waals surface area contributed by atoms with Gasteiger partial charge in [-0.3, -0.25) is 4.79 Å². The van der Waals surface area contributed by atoms with Gasteiger partial charge in [-0.15, -0.1) is 0 Å². The van der Waals surface area contributed by atoms with Crippen molar-refractivity contribution in [3.63, 3.8) is 0 Å². The van der Waals surface area contributed by atoms with Crippen LogP contribution >= 0.6 is 11.6 Å². The first kappa shape index (κ1) is 17.0. The molecule has 0 fully saturated rings. The van der Waals surface area contributed by atoms with Gasteiger partial charge in [-0.1, -0.05) is 41.9 Å². The number of para-hydroxylation sites is 3. The number of anilines is 1. The highest BCUT2D eigenvalue weighted by atomic mass is 35.5. The fourth-order valence-corrected chi connectivity index (χ4v) is 2.41. The zero-order valence-electron chi connectivity index (χ0n) is 13.4. The Bertz CT molecular complexity index is 927. The summed E-state index contributed by atoms with van der Waals surface area (Å²) in [6, 6.07) is 18.4. The Hall–Kier alpha value is -2.85. The number of halogens is 2. The van der Waals surface area contributed by atoms with Crippen LogP contribution < -0.4 is 10.1 Å². The predicted molar refractivity (Wildman–Crippen MR) is 97.1 cm³/mol. The van der Waals surface area contributed by atoms with Crippen LogP contribution in [0, 0.1) is 12.7 Å². The molecule has 0 bridgehead atoms. The van der Waals surface area contributed by atoms with Gasteiger partial charge in [0.05, 0.1) is 10.7 Å². The number of rotatable bonds is 4. The van der Waals surface area contributed by atoms with Crippen molar-refractivity contribution in [1.82, 2.24) is 0 Å². The van der Waals surface area contributed by atoms with E-state index in [0.29, 0.717) is 27.8 Å². The van der Waals surface area contributed by atoms with Crippen molar-refractivity contribution in [2.45, 2.75) is 6.92 Å². The Balaban J connectivity index is 1.84. The summed E-state index contributed by atoms with van der Waals surface area (Å²) in [4.78, 5) is 12.4. The molecule has 0 saturated heterocycles. The van der Waals surface area contributed by atoms with Gasteiger partial charge < -0.3 is 10.1 Å². The molecule has 25 heavy (non-hydrogen) atoms. The molecule has 0 aliphatic heterocycles. The Morgan fingerprint density at radius 2 is 1.68 bits per heavy atom. The molecule has 0 heterocycles. The summed E-state index contributed by atoms with van der Waals surface area (Å²) in [7, 11) is 0. The molecule has 3 aromatic rings. The van der Waals surface area contributed by atoms with Gasteiger partial charge in [0.15, 0.2) is 5.75 Å². The summed E-state index contributed by atoms with van der Waals surface area (Å²) in [5.74, 6) is 0.0751. The fraction of sp³-hybridized carbons (Fsp3) is 0.0500. The Kier molecular flexibility index (Phi) is 5.00. The fourth-order valence-electron chi connectivity index (χ4n) is 2.23.